The van der Waals surface area contributed by atoms with Crippen molar-refractivity contribution in [1.82, 2.24) is 14.5 Å². The van der Waals surface area contributed by atoms with Crippen LogP contribution in [0.1, 0.15) is 11.7 Å². The maximum Gasteiger partial charge on any atom is 0.192 e. The van der Waals surface area contributed by atoms with Crippen molar-refractivity contribution in [1.29, 1.82) is 0 Å². The Balaban J connectivity index is 2.24. The summed E-state index contributed by atoms with van der Waals surface area (Å²) in [6.45, 7) is 3.83. The highest BCUT2D eigenvalue weighted by Crippen LogP contribution is 2.30. The number of fused-ring (bicyclic) bond motifs is 1. The summed E-state index contributed by atoms with van der Waals surface area (Å²) in [5.41, 5.74) is 3.81. The largest absolute Gasteiger partial charge is 0.441 e. The van der Waals surface area contributed by atoms with E-state index in [1.165, 1.54) is 0 Å². The number of hydrogen-bond donors (Lipinski definition) is 0. The molecule has 0 aliphatic heterocycles. The van der Waals surface area contributed by atoms with Gasteiger partial charge >= 0.3 is 0 Å². The molecule has 0 N–H and O–H groups in total. The van der Waals surface area contributed by atoms with Crippen LogP contribution in [0.5, 0.6) is 0 Å². The molecule has 0 atom stereocenters. The quantitative estimate of drug-likeness (QED) is 0.690. The minimum Gasteiger partial charge on any atom is -0.441 e. The van der Waals surface area contributed by atoms with Crippen molar-refractivity contribution < 1.29 is 4.42 Å². The zero-order valence-electron chi connectivity index (χ0n) is 10.4. The first-order valence-corrected chi connectivity index (χ1v) is 6.42. The van der Waals surface area contributed by atoms with E-state index in [1.54, 1.807) is 0 Å². The molecular weight excluding hydrogens is 294 g/mol. The lowest BCUT2D eigenvalue weighted by Crippen LogP contribution is -1.94. The third-order valence-electron chi connectivity index (χ3n) is 3.04. The fraction of sp³-hybridized carbons (Fsp3) is 0.231. The number of benzene rings is 1. The van der Waals surface area contributed by atoms with E-state index >= 15 is 0 Å². The topological polar surface area (TPSA) is 43.9 Å². The monoisotopic (exact) mass is 305 g/mol. The predicted molar refractivity (Wildman–Crippen MR) is 73.4 cm³/mol. The van der Waals surface area contributed by atoms with Gasteiger partial charge in [-0.3, -0.25) is 0 Å². The van der Waals surface area contributed by atoms with Crippen LogP contribution >= 0.6 is 15.9 Å². The third-order valence-corrected chi connectivity index (χ3v) is 3.60. The molecule has 1 aromatic carbocycles. The molecule has 3 aromatic rings. The Kier molecular flexibility index (Phi) is 2.52. The van der Waals surface area contributed by atoms with Crippen molar-refractivity contribution in [3.05, 3.63) is 34.5 Å². The summed E-state index contributed by atoms with van der Waals surface area (Å²) >= 11 is 3.50. The number of nitrogens with zero attached hydrogens (tertiary/aromatic N) is 3. The van der Waals surface area contributed by atoms with Gasteiger partial charge in [-0.2, -0.15) is 0 Å². The van der Waals surface area contributed by atoms with Crippen molar-refractivity contribution >= 4 is 27.0 Å². The van der Waals surface area contributed by atoms with Crippen molar-refractivity contribution in [2.45, 2.75) is 13.8 Å². The molecule has 4 nitrogen and oxygen atoms in total. The first-order valence-electron chi connectivity index (χ1n) is 5.62. The second kappa shape index (κ2) is 3.95. The average molecular weight is 306 g/mol. The standard InChI is InChI=1S/C13H12BrN3O/c1-7-15-13(14)12(17(7)3)9-4-5-11-10(6-9)16-8(2)18-11/h4-6H,1-3H3. The van der Waals surface area contributed by atoms with Crippen LogP contribution in [0.25, 0.3) is 22.4 Å². The second-order valence-electron chi connectivity index (χ2n) is 4.27. The molecule has 2 aromatic heterocycles. The molecule has 18 heavy (non-hydrogen) atoms. The molecule has 0 spiro atoms. The molecule has 0 unspecified atom stereocenters. The lowest BCUT2D eigenvalue weighted by Gasteiger charge is -2.04. The van der Waals surface area contributed by atoms with Gasteiger partial charge in [-0.25, -0.2) is 9.97 Å². The molecular formula is C13H12BrN3O. The number of hydrogen-bond acceptors (Lipinski definition) is 3. The molecule has 5 heteroatoms. The van der Waals surface area contributed by atoms with Crippen molar-refractivity contribution in [2.75, 3.05) is 0 Å². The first-order chi connectivity index (χ1) is 8.56. The van der Waals surface area contributed by atoms with Gasteiger partial charge in [0.25, 0.3) is 0 Å². The van der Waals surface area contributed by atoms with Crippen LogP contribution in [0.4, 0.5) is 0 Å². The van der Waals surface area contributed by atoms with Crippen molar-refractivity contribution in [3.63, 3.8) is 0 Å². The van der Waals surface area contributed by atoms with E-state index in [9.17, 15) is 0 Å². The Morgan fingerprint density at radius 2 is 2.00 bits per heavy atom. The lowest BCUT2D eigenvalue weighted by atomic mass is 10.1. The van der Waals surface area contributed by atoms with Gasteiger partial charge in [-0.1, -0.05) is 0 Å². The average Bonchev–Trinajstić information content (AvgIpc) is 2.78. The summed E-state index contributed by atoms with van der Waals surface area (Å²) in [6.07, 6.45) is 0. The predicted octanol–water partition coefficient (Wildman–Crippen LogP) is 3.61. The summed E-state index contributed by atoms with van der Waals surface area (Å²) in [6, 6.07) is 5.99. The third kappa shape index (κ3) is 1.66. The highest BCUT2D eigenvalue weighted by atomic mass is 79.9. The van der Waals surface area contributed by atoms with Crippen LogP contribution in [0.15, 0.2) is 27.2 Å². The van der Waals surface area contributed by atoms with Gasteiger partial charge in [-0.15, -0.1) is 0 Å². The van der Waals surface area contributed by atoms with Crippen LogP contribution in [0, 0.1) is 13.8 Å². The van der Waals surface area contributed by atoms with Gasteiger partial charge in [0.05, 0.1) is 5.69 Å². The van der Waals surface area contributed by atoms with Crippen LogP contribution < -0.4 is 0 Å². The molecule has 0 aliphatic carbocycles. The van der Waals surface area contributed by atoms with E-state index in [4.69, 9.17) is 4.42 Å². The van der Waals surface area contributed by atoms with Crippen LogP contribution in [0.3, 0.4) is 0 Å². The Morgan fingerprint density at radius 1 is 1.22 bits per heavy atom. The van der Waals surface area contributed by atoms with E-state index in [0.29, 0.717) is 5.89 Å². The minimum absolute atomic E-state index is 0.683. The summed E-state index contributed by atoms with van der Waals surface area (Å²) in [5.74, 6) is 1.65. The Hall–Kier alpha value is -1.62. The lowest BCUT2D eigenvalue weighted by molar-refractivity contribution is 0.561. The van der Waals surface area contributed by atoms with Gasteiger partial charge in [0, 0.05) is 19.5 Å². The van der Waals surface area contributed by atoms with E-state index in [-0.39, 0.29) is 0 Å². The number of oxazole rings is 1. The van der Waals surface area contributed by atoms with E-state index in [0.717, 1.165) is 32.8 Å². The molecule has 0 saturated carbocycles. The van der Waals surface area contributed by atoms with E-state index in [2.05, 4.69) is 30.5 Å². The maximum atomic E-state index is 5.48. The molecule has 0 aliphatic rings. The summed E-state index contributed by atoms with van der Waals surface area (Å²) in [7, 11) is 2.00. The smallest absolute Gasteiger partial charge is 0.192 e. The molecule has 3 rings (SSSR count). The number of halogens is 1. The van der Waals surface area contributed by atoms with Gasteiger partial charge in [0.15, 0.2) is 11.5 Å². The fourth-order valence-electron chi connectivity index (χ4n) is 2.07. The number of aromatic nitrogens is 3. The molecule has 92 valence electrons. The zero-order chi connectivity index (χ0) is 12.9. The molecule has 0 bridgehead atoms. The van der Waals surface area contributed by atoms with E-state index < -0.39 is 0 Å². The van der Waals surface area contributed by atoms with Gasteiger partial charge < -0.3 is 8.98 Å². The van der Waals surface area contributed by atoms with Crippen molar-refractivity contribution in [3.8, 4) is 11.3 Å². The molecule has 0 radical (unpaired) electrons. The zero-order valence-corrected chi connectivity index (χ0v) is 11.9. The van der Waals surface area contributed by atoms with Crippen LogP contribution in [0.2, 0.25) is 0 Å². The Labute approximate surface area is 113 Å². The first kappa shape index (κ1) is 11.5. The molecule has 0 saturated heterocycles. The highest BCUT2D eigenvalue weighted by Gasteiger charge is 2.13. The van der Waals surface area contributed by atoms with Gasteiger partial charge in [-0.05, 0) is 41.1 Å². The normalized spacial score (nSPS) is 11.3. The summed E-state index contributed by atoms with van der Waals surface area (Å²) in [4.78, 5) is 8.76. The van der Waals surface area contributed by atoms with Crippen LogP contribution in [-0.2, 0) is 7.05 Å². The maximum absolute atomic E-state index is 5.48. The molecule has 2 heterocycles. The highest BCUT2D eigenvalue weighted by molar-refractivity contribution is 9.10. The summed E-state index contributed by atoms with van der Waals surface area (Å²) < 4.78 is 8.38. The van der Waals surface area contributed by atoms with Gasteiger partial charge in [0.1, 0.15) is 15.9 Å². The minimum atomic E-state index is 0.683. The van der Waals surface area contributed by atoms with Gasteiger partial charge in [0.2, 0.25) is 0 Å². The van der Waals surface area contributed by atoms with E-state index in [1.807, 2.05) is 39.1 Å². The Morgan fingerprint density at radius 3 is 2.67 bits per heavy atom. The number of rotatable bonds is 1. The second-order valence-corrected chi connectivity index (χ2v) is 5.02. The SMILES string of the molecule is Cc1nc2cc(-c3c(Br)nc(C)n3C)ccc2o1. The fourth-order valence-corrected chi connectivity index (χ4v) is 2.82. The molecule has 0 fully saturated rings. The van der Waals surface area contributed by atoms with Crippen molar-refractivity contribution in [2.24, 2.45) is 7.05 Å². The summed E-state index contributed by atoms with van der Waals surface area (Å²) in [5, 5.41) is 0. The van der Waals surface area contributed by atoms with Crippen LogP contribution in [-0.4, -0.2) is 14.5 Å². The number of imidazole rings is 1. The molecule has 0 amide bonds. The number of aryl methyl sites for hydroxylation is 2. The Bertz CT molecular complexity index is 742.